The molecule has 242 valence electrons. The molecule has 1 aliphatic heterocycles. The molecule has 0 radical (unpaired) electrons. The normalized spacial score (nSPS) is 14.9. The van der Waals surface area contributed by atoms with Crippen LogP contribution in [0, 0.1) is 6.92 Å². The number of amides is 1. The molecule has 13 heteroatoms. The Hall–Kier alpha value is -5.27. The Labute approximate surface area is 272 Å². The van der Waals surface area contributed by atoms with Gasteiger partial charge in [0.05, 0.1) is 29.3 Å². The Bertz CT molecular complexity index is 2040. The zero-order chi connectivity index (χ0) is 33.0. The van der Waals surface area contributed by atoms with Crippen molar-refractivity contribution in [3.8, 4) is 22.9 Å². The van der Waals surface area contributed by atoms with E-state index in [0.29, 0.717) is 69.5 Å². The van der Waals surface area contributed by atoms with E-state index in [1.54, 1.807) is 60.9 Å². The third-order valence-electron chi connectivity index (χ3n) is 8.04. The molecule has 47 heavy (non-hydrogen) atoms. The van der Waals surface area contributed by atoms with Gasteiger partial charge < -0.3 is 25.2 Å². The number of hydrogen-bond donors (Lipinski definition) is 4. The maximum atomic E-state index is 13.2. The topological polar surface area (TPSA) is 167 Å². The van der Waals surface area contributed by atoms with Gasteiger partial charge in [-0.15, -0.1) is 0 Å². The highest BCUT2D eigenvalue weighted by atomic mass is 32.2. The monoisotopic (exact) mass is 654 g/mol. The number of ether oxygens (including phenoxy) is 1. The molecule has 0 bridgehead atoms. The van der Waals surface area contributed by atoms with E-state index in [1.165, 1.54) is 4.90 Å². The summed E-state index contributed by atoms with van der Waals surface area (Å²) in [6.07, 6.45) is 3.84. The second-order valence-corrected chi connectivity index (χ2v) is 13.1. The molecule has 1 fully saturated rings. The summed E-state index contributed by atoms with van der Waals surface area (Å²) in [7, 11) is -3.82. The van der Waals surface area contributed by atoms with E-state index in [0.717, 1.165) is 18.4 Å². The number of hydrogen-bond acceptors (Lipinski definition) is 9. The molecule has 1 amide bonds. The Morgan fingerprint density at radius 3 is 2.62 bits per heavy atom. The fourth-order valence-corrected chi connectivity index (χ4v) is 6.99. The van der Waals surface area contributed by atoms with Crippen molar-refractivity contribution >= 4 is 38.5 Å². The van der Waals surface area contributed by atoms with Gasteiger partial charge in [0.15, 0.2) is 0 Å². The minimum absolute atomic E-state index is 0.117. The van der Waals surface area contributed by atoms with Gasteiger partial charge in [-0.25, -0.2) is 28.2 Å². The zero-order valence-electron chi connectivity index (χ0n) is 25.6. The molecular formula is C34H34N6O6S. The van der Waals surface area contributed by atoms with Crippen molar-refractivity contribution in [2.24, 2.45) is 0 Å². The van der Waals surface area contributed by atoms with Crippen molar-refractivity contribution in [2.75, 3.05) is 23.1 Å². The Balaban J connectivity index is 1.28. The minimum atomic E-state index is -3.82. The van der Waals surface area contributed by atoms with Crippen LogP contribution >= 0.6 is 0 Å². The number of anilines is 2. The number of rotatable bonds is 10. The summed E-state index contributed by atoms with van der Waals surface area (Å²) in [5.74, 6) is 0.891. The lowest BCUT2D eigenvalue weighted by Gasteiger charge is -2.31. The van der Waals surface area contributed by atoms with E-state index in [9.17, 15) is 23.4 Å². The Kier molecular flexibility index (Phi) is 9.18. The first-order chi connectivity index (χ1) is 22.7. The molecule has 1 aliphatic rings. The zero-order valence-corrected chi connectivity index (χ0v) is 26.4. The van der Waals surface area contributed by atoms with Crippen LogP contribution < -0.4 is 14.8 Å². The summed E-state index contributed by atoms with van der Waals surface area (Å²) in [6.45, 7) is 2.50. The second kappa shape index (κ2) is 13.6. The number of fused-ring (bicyclic) bond motifs is 1. The molecule has 6 rings (SSSR count). The Morgan fingerprint density at radius 2 is 1.81 bits per heavy atom. The molecule has 0 aliphatic carbocycles. The van der Waals surface area contributed by atoms with Crippen LogP contribution in [0.2, 0.25) is 0 Å². The summed E-state index contributed by atoms with van der Waals surface area (Å²) in [4.78, 5) is 26.4. The van der Waals surface area contributed by atoms with Crippen LogP contribution in [0.1, 0.15) is 29.5 Å². The largest absolute Gasteiger partial charge is 0.465 e. The number of aryl methyl sites for hydroxylation is 1. The van der Waals surface area contributed by atoms with E-state index in [1.807, 2.05) is 31.2 Å². The molecule has 1 saturated heterocycles. The SMILES string of the molecule is Cc1ccc2c(NS(=O)(=O)Cc3ccccc3CO)cccc2c1Oc1ncccc1-c1ccnc(NC2CCCN(C(=O)O)C2)n1. The van der Waals surface area contributed by atoms with Crippen molar-refractivity contribution in [3.63, 3.8) is 0 Å². The van der Waals surface area contributed by atoms with Gasteiger partial charge in [-0.3, -0.25) is 4.72 Å². The van der Waals surface area contributed by atoms with E-state index in [-0.39, 0.29) is 18.4 Å². The fraction of sp³-hybridized carbons (Fsp3) is 0.235. The fourth-order valence-electron chi connectivity index (χ4n) is 5.72. The smallest absolute Gasteiger partial charge is 0.407 e. The van der Waals surface area contributed by atoms with E-state index >= 15 is 0 Å². The van der Waals surface area contributed by atoms with E-state index in [4.69, 9.17) is 9.72 Å². The van der Waals surface area contributed by atoms with E-state index in [2.05, 4.69) is 20.0 Å². The maximum absolute atomic E-state index is 13.2. The van der Waals surface area contributed by atoms with Crippen LogP contribution in [0.4, 0.5) is 16.4 Å². The number of likely N-dealkylation sites (tertiary alicyclic amines) is 1. The first-order valence-electron chi connectivity index (χ1n) is 15.1. The van der Waals surface area contributed by atoms with Crippen molar-refractivity contribution in [2.45, 2.75) is 38.2 Å². The number of aliphatic hydroxyl groups is 1. The summed E-state index contributed by atoms with van der Waals surface area (Å²) >= 11 is 0. The molecule has 0 spiro atoms. The number of benzene rings is 3. The van der Waals surface area contributed by atoms with Gasteiger partial charge in [-0.05, 0) is 60.7 Å². The van der Waals surface area contributed by atoms with Gasteiger partial charge in [-0.2, -0.15) is 0 Å². The molecule has 5 aromatic rings. The van der Waals surface area contributed by atoms with Gasteiger partial charge in [-0.1, -0.05) is 48.5 Å². The molecule has 1 unspecified atom stereocenters. The summed E-state index contributed by atoms with van der Waals surface area (Å²) in [5, 5.41) is 23.6. The quantitative estimate of drug-likeness (QED) is 0.145. The van der Waals surface area contributed by atoms with Crippen LogP contribution in [0.15, 0.2) is 85.2 Å². The lowest BCUT2D eigenvalue weighted by atomic mass is 10.0. The molecule has 2 aromatic heterocycles. The number of nitrogens with one attached hydrogen (secondary N) is 2. The number of carboxylic acid groups (broad SMARTS) is 1. The third kappa shape index (κ3) is 7.26. The molecule has 12 nitrogen and oxygen atoms in total. The number of aromatic nitrogens is 3. The molecule has 4 N–H and O–H groups in total. The first-order valence-corrected chi connectivity index (χ1v) is 16.8. The van der Waals surface area contributed by atoms with Gasteiger partial charge in [0.25, 0.3) is 0 Å². The number of aliphatic hydroxyl groups excluding tert-OH is 1. The highest BCUT2D eigenvalue weighted by Crippen LogP contribution is 2.39. The number of pyridine rings is 1. The van der Waals surface area contributed by atoms with Gasteiger partial charge in [0, 0.05) is 42.3 Å². The van der Waals surface area contributed by atoms with Gasteiger partial charge in [0.2, 0.25) is 21.9 Å². The number of nitrogens with zero attached hydrogens (tertiary/aromatic N) is 4. The van der Waals surface area contributed by atoms with Crippen molar-refractivity contribution in [1.82, 2.24) is 19.9 Å². The van der Waals surface area contributed by atoms with Crippen molar-refractivity contribution < 1.29 is 28.2 Å². The lowest BCUT2D eigenvalue weighted by Crippen LogP contribution is -2.44. The average molecular weight is 655 g/mol. The maximum Gasteiger partial charge on any atom is 0.407 e. The number of sulfonamides is 1. The highest BCUT2D eigenvalue weighted by Gasteiger charge is 2.24. The van der Waals surface area contributed by atoms with E-state index < -0.39 is 16.1 Å². The van der Waals surface area contributed by atoms with Crippen LogP contribution in [-0.4, -0.2) is 63.7 Å². The molecular weight excluding hydrogens is 620 g/mol. The summed E-state index contributed by atoms with van der Waals surface area (Å²) in [6, 6.07) is 21.1. The second-order valence-electron chi connectivity index (χ2n) is 11.3. The van der Waals surface area contributed by atoms with Gasteiger partial charge in [0.1, 0.15) is 5.75 Å². The lowest BCUT2D eigenvalue weighted by molar-refractivity contribution is 0.132. The van der Waals surface area contributed by atoms with Crippen LogP contribution in [-0.2, 0) is 22.4 Å². The van der Waals surface area contributed by atoms with Crippen LogP contribution in [0.5, 0.6) is 11.6 Å². The van der Waals surface area contributed by atoms with Crippen molar-refractivity contribution in [1.29, 1.82) is 0 Å². The molecule has 0 saturated carbocycles. The van der Waals surface area contributed by atoms with Crippen LogP contribution in [0.3, 0.4) is 0 Å². The molecule has 3 aromatic carbocycles. The first kappa shape index (κ1) is 31.7. The predicted molar refractivity (Wildman–Crippen MR) is 179 cm³/mol. The molecule has 1 atom stereocenters. The number of piperidine rings is 1. The highest BCUT2D eigenvalue weighted by molar-refractivity contribution is 7.91. The minimum Gasteiger partial charge on any atom is -0.465 e. The van der Waals surface area contributed by atoms with Crippen molar-refractivity contribution in [3.05, 3.63) is 102 Å². The van der Waals surface area contributed by atoms with Gasteiger partial charge >= 0.3 is 6.09 Å². The van der Waals surface area contributed by atoms with Crippen LogP contribution in [0.25, 0.3) is 22.0 Å². The summed E-state index contributed by atoms with van der Waals surface area (Å²) in [5.41, 5.74) is 3.46. The third-order valence-corrected chi connectivity index (χ3v) is 9.26. The summed E-state index contributed by atoms with van der Waals surface area (Å²) < 4.78 is 35.7. The predicted octanol–water partition coefficient (Wildman–Crippen LogP) is 5.78. The molecule has 3 heterocycles. The Morgan fingerprint density at radius 1 is 0.979 bits per heavy atom. The average Bonchev–Trinajstić information content (AvgIpc) is 3.06. The standard InChI is InChI=1S/C34H34N6O6S/c1-22-13-14-26-27(10-4-12-30(26)39-47(44,45)21-24-8-3-2-7-23(24)20-41)31(22)46-32-28(11-5-16-35-32)29-15-17-36-33(38-29)37-25-9-6-18-40(19-25)34(42)43/h2-5,7-8,10-17,25,39,41H,6,9,18-21H2,1H3,(H,42,43)(H,36,37,38). The number of carbonyl (C=O) groups is 1.